The quantitative estimate of drug-likeness (QED) is 0.347. The van der Waals surface area contributed by atoms with Crippen molar-refractivity contribution in [3.8, 4) is 0 Å². The van der Waals surface area contributed by atoms with Gasteiger partial charge >= 0.3 is 0 Å². The van der Waals surface area contributed by atoms with E-state index in [9.17, 15) is 18.0 Å². The number of sulfonamides is 1. The van der Waals surface area contributed by atoms with E-state index in [1.165, 1.54) is 23.1 Å². The van der Waals surface area contributed by atoms with Gasteiger partial charge in [-0.05, 0) is 55.8 Å². The van der Waals surface area contributed by atoms with Crippen LogP contribution in [0.15, 0.2) is 77.7 Å². The molecule has 196 valence electrons. The van der Waals surface area contributed by atoms with Crippen LogP contribution in [0.25, 0.3) is 0 Å². The van der Waals surface area contributed by atoms with Crippen LogP contribution in [0.2, 0.25) is 15.1 Å². The molecular weight excluding hydrogens is 557 g/mol. The van der Waals surface area contributed by atoms with E-state index in [2.05, 4.69) is 5.32 Å². The third-order valence-electron chi connectivity index (χ3n) is 5.59. The van der Waals surface area contributed by atoms with Gasteiger partial charge in [-0.1, -0.05) is 71.2 Å². The topological polar surface area (TPSA) is 86.8 Å². The number of nitrogens with one attached hydrogen (secondary N) is 1. The Morgan fingerprint density at radius 3 is 2.16 bits per heavy atom. The number of carbonyl (C=O) groups is 2. The zero-order valence-corrected chi connectivity index (χ0v) is 23.3. The minimum Gasteiger partial charge on any atom is -0.355 e. The molecule has 7 nitrogen and oxygen atoms in total. The molecule has 2 amide bonds. The van der Waals surface area contributed by atoms with Gasteiger partial charge in [0.2, 0.25) is 11.8 Å². The molecule has 0 aliphatic carbocycles. The number of amides is 2. The fourth-order valence-electron chi connectivity index (χ4n) is 3.63. The molecule has 0 saturated carbocycles. The van der Waals surface area contributed by atoms with Gasteiger partial charge in [-0.25, -0.2) is 8.42 Å². The molecule has 1 atom stereocenters. The Hall–Kier alpha value is -2.78. The van der Waals surface area contributed by atoms with Gasteiger partial charge in [0.1, 0.15) is 12.6 Å². The molecule has 0 aromatic heterocycles. The van der Waals surface area contributed by atoms with Gasteiger partial charge in [-0.15, -0.1) is 0 Å². The number of carbonyl (C=O) groups excluding carboxylic acids is 2. The Labute approximate surface area is 232 Å². The summed E-state index contributed by atoms with van der Waals surface area (Å²) in [5.41, 5.74) is 0.760. The maximum absolute atomic E-state index is 13.8. The average Bonchev–Trinajstić information content (AvgIpc) is 2.88. The SMILES string of the molecule is CCNC(=O)C(C)N(Cc1ccc(Cl)c(Cl)c1)C(=O)CN(c1ccccc1Cl)S(=O)(=O)c1ccccc1. The van der Waals surface area contributed by atoms with Crippen LogP contribution < -0.4 is 9.62 Å². The summed E-state index contributed by atoms with van der Waals surface area (Å²) >= 11 is 18.6. The van der Waals surface area contributed by atoms with E-state index in [4.69, 9.17) is 34.8 Å². The summed E-state index contributed by atoms with van der Waals surface area (Å²) in [6, 6.07) is 18.1. The van der Waals surface area contributed by atoms with Crippen molar-refractivity contribution in [1.82, 2.24) is 10.2 Å². The summed E-state index contributed by atoms with van der Waals surface area (Å²) in [5.74, 6) is -0.990. The Morgan fingerprint density at radius 1 is 0.892 bits per heavy atom. The first-order chi connectivity index (χ1) is 17.6. The number of nitrogens with zero attached hydrogens (tertiary/aromatic N) is 2. The number of halogens is 3. The minimum absolute atomic E-state index is 0.00414. The first-order valence-corrected chi connectivity index (χ1v) is 14.0. The van der Waals surface area contributed by atoms with E-state index in [-0.39, 0.29) is 28.1 Å². The Morgan fingerprint density at radius 2 is 1.54 bits per heavy atom. The predicted molar refractivity (Wildman–Crippen MR) is 148 cm³/mol. The second-order valence-corrected chi connectivity index (χ2v) is 11.2. The molecule has 0 bridgehead atoms. The molecule has 3 rings (SSSR count). The van der Waals surface area contributed by atoms with E-state index in [1.807, 2.05) is 0 Å². The number of para-hydroxylation sites is 1. The fraction of sp³-hybridized carbons (Fsp3) is 0.231. The lowest BCUT2D eigenvalue weighted by atomic mass is 10.1. The number of hydrogen-bond donors (Lipinski definition) is 1. The molecule has 0 radical (unpaired) electrons. The molecule has 0 heterocycles. The lowest BCUT2D eigenvalue weighted by Gasteiger charge is -2.32. The van der Waals surface area contributed by atoms with Crippen molar-refractivity contribution >= 4 is 62.3 Å². The molecule has 0 saturated heterocycles. The average molecular weight is 583 g/mol. The third kappa shape index (κ3) is 6.96. The van der Waals surface area contributed by atoms with Crippen LogP contribution in [0, 0.1) is 0 Å². The van der Waals surface area contributed by atoms with Gasteiger partial charge in [0.15, 0.2) is 0 Å². The van der Waals surface area contributed by atoms with Crippen molar-refractivity contribution < 1.29 is 18.0 Å². The number of anilines is 1. The lowest BCUT2D eigenvalue weighted by molar-refractivity contribution is -0.139. The standard InChI is InChI=1S/C26H26Cl3N3O4S/c1-3-30-26(34)18(2)31(16-19-13-14-21(27)23(29)15-19)25(33)17-32(24-12-8-7-11-22(24)28)37(35,36)20-9-5-4-6-10-20/h4-15,18H,3,16-17H2,1-2H3,(H,30,34). The smallest absolute Gasteiger partial charge is 0.264 e. The van der Waals surface area contributed by atoms with Gasteiger partial charge in [-0.2, -0.15) is 0 Å². The van der Waals surface area contributed by atoms with Gasteiger partial charge < -0.3 is 10.2 Å². The predicted octanol–water partition coefficient (Wildman–Crippen LogP) is 5.40. The highest BCUT2D eigenvalue weighted by molar-refractivity contribution is 7.92. The van der Waals surface area contributed by atoms with Crippen LogP contribution in [0.3, 0.4) is 0 Å². The summed E-state index contributed by atoms with van der Waals surface area (Å²) < 4.78 is 28.3. The molecule has 0 aliphatic rings. The van der Waals surface area contributed by atoms with Gasteiger partial charge in [0.25, 0.3) is 10.0 Å². The lowest BCUT2D eigenvalue weighted by Crippen LogP contribution is -2.51. The summed E-state index contributed by atoms with van der Waals surface area (Å²) in [7, 11) is -4.18. The van der Waals surface area contributed by atoms with Crippen molar-refractivity contribution in [2.24, 2.45) is 0 Å². The van der Waals surface area contributed by atoms with Crippen molar-refractivity contribution in [1.29, 1.82) is 0 Å². The number of rotatable bonds is 10. The monoisotopic (exact) mass is 581 g/mol. The van der Waals surface area contributed by atoms with E-state index >= 15 is 0 Å². The molecule has 3 aromatic carbocycles. The summed E-state index contributed by atoms with van der Waals surface area (Å²) in [4.78, 5) is 27.8. The number of likely N-dealkylation sites (N-methyl/N-ethyl adjacent to an activating group) is 1. The number of benzene rings is 3. The van der Waals surface area contributed by atoms with Crippen molar-refractivity contribution in [3.05, 3.63) is 93.4 Å². The molecule has 37 heavy (non-hydrogen) atoms. The largest absolute Gasteiger partial charge is 0.355 e. The maximum Gasteiger partial charge on any atom is 0.264 e. The van der Waals surface area contributed by atoms with Crippen molar-refractivity contribution in [3.63, 3.8) is 0 Å². The van der Waals surface area contributed by atoms with E-state index in [0.29, 0.717) is 22.2 Å². The molecule has 0 fully saturated rings. The fourth-order valence-corrected chi connectivity index (χ4v) is 5.69. The van der Waals surface area contributed by atoms with Crippen molar-refractivity contribution in [2.45, 2.75) is 31.3 Å². The highest BCUT2D eigenvalue weighted by atomic mass is 35.5. The maximum atomic E-state index is 13.8. The highest BCUT2D eigenvalue weighted by Crippen LogP contribution is 2.31. The molecule has 1 N–H and O–H groups in total. The minimum atomic E-state index is -4.18. The molecule has 11 heteroatoms. The van der Waals surface area contributed by atoms with Crippen molar-refractivity contribution in [2.75, 3.05) is 17.4 Å². The zero-order chi connectivity index (χ0) is 27.2. The highest BCUT2D eigenvalue weighted by Gasteiger charge is 2.33. The third-order valence-corrected chi connectivity index (χ3v) is 8.42. The van der Waals surface area contributed by atoms with Crippen LogP contribution in [-0.2, 0) is 26.2 Å². The van der Waals surface area contributed by atoms with Crippen LogP contribution in [-0.4, -0.2) is 44.3 Å². The van der Waals surface area contributed by atoms with Gasteiger partial charge in [0.05, 0.1) is 25.7 Å². The first-order valence-electron chi connectivity index (χ1n) is 11.4. The first kappa shape index (κ1) is 28.8. The summed E-state index contributed by atoms with van der Waals surface area (Å²) in [5, 5.41) is 3.50. The Balaban J connectivity index is 2.04. The summed E-state index contributed by atoms with van der Waals surface area (Å²) in [6.07, 6.45) is 0. The summed E-state index contributed by atoms with van der Waals surface area (Å²) in [6.45, 7) is 3.11. The van der Waals surface area contributed by atoms with Crippen LogP contribution in [0.4, 0.5) is 5.69 Å². The normalized spacial score (nSPS) is 12.0. The number of hydrogen-bond acceptors (Lipinski definition) is 4. The van der Waals surface area contributed by atoms with Crippen LogP contribution >= 0.6 is 34.8 Å². The van der Waals surface area contributed by atoms with Crippen LogP contribution in [0.5, 0.6) is 0 Å². The van der Waals surface area contributed by atoms with E-state index in [1.54, 1.807) is 68.4 Å². The Bertz CT molecular complexity index is 1370. The second kappa shape index (κ2) is 12.6. The Kier molecular flexibility index (Phi) is 9.84. The molecule has 1 unspecified atom stereocenters. The molecule has 0 spiro atoms. The molecular formula is C26H26Cl3N3O4S. The molecule has 3 aromatic rings. The molecule has 0 aliphatic heterocycles. The van der Waals surface area contributed by atoms with E-state index in [0.717, 1.165) is 4.31 Å². The van der Waals surface area contributed by atoms with E-state index < -0.39 is 28.5 Å². The second-order valence-electron chi connectivity index (χ2n) is 8.12. The van der Waals surface area contributed by atoms with Gasteiger partial charge in [0, 0.05) is 13.1 Å². The zero-order valence-electron chi connectivity index (χ0n) is 20.2. The van der Waals surface area contributed by atoms with Gasteiger partial charge in [-0.3, -0.25) is 13.9 Å². The van der Waals surface area contributed by atoms with Crippen LogP contribution in [0.1, 0.15) is 19.4 Å².